The molecule has 138 valence electrons. The topological polar surface area (TPSA) is 68.1 Å². The normalized spacial score (nSPS) is 11.0. The Morgan fingerprint density at radius 2 is 1.86 bits per heavy atom. The molecule has 2 aromatic heterocycles. The monoisotopic (exact) mass is 387 g/mol. The second-order valence-corrected chi connectivity index (χ2v) is 6.38. The summed E-state index contributed by atoms with van der Waals surface area (Å²) >= 11 is 5.30. The van der Waals surface area contributed by atoms with Gasteiger partial charge < -0.3 is 4.74 Å². The molecule has 0 radical (unpaired) electrons. The third-order valence-electron chi connectivity index (χ3n) is 4.02. The maximum atomic E-state index is 5.87. The minimum Gasteiger partial charge on any atom is -0.489 e. The van der Waals surface area contributed by atoms with Crippen LogP contribution in [0, 0.1) is 4.77 Å². The van der Waals surface area contributed by atoms with Crippen LogP contribution in [0.2, 0.25) is 0 Å². The number of aromatic nitrogens is 4. The second-order valence-electron chi connectivity index (χ2n) is 5.99. The summed E-state index contributed by atoms with van der Waals surface area (Å²) < 4.78 is 7.87. The molecule has 0 unspecified atom stereocenters. The Morgan fingerprint density at radius 1 is 1.04 bits per heavy atom. The van der Waals surface area contributed by atoms with E-state index in [1.165, 1.54) is 0 Å². The average molecular weight is 387 g/mol. The van der Waals surface area contributed by atoms with Crippen molar-refractivity contribution in [2.24, 2.45) is 5.10 Å². The summed E-state index contributed by atoms with van der Waals surface area (Å²) in [6.07, 6.45) is 5.13. The first-order valence-corrected chi connectivity index (χ1v) is 9.09. The van der Waals surface area contributed by atoms with Crippen molar-refractivity contribution in [3.05, 3.63) is 95.0 Å². The van der Waals surface area contributed by atoms with Crippen LogP contribution in [0.3, 0.4) is 0 Å². The number of aromatic amines is 1. The second kappa shape index (κ2) is 8.41. The third-order valence-corrected chi connectivity index (χ3v) is 4.28. The summed E-state index contributed by atoms with van der Waals surface area (Å²) in [5.41, 5.74) is 2.89. The molecule has 0 spiro atoms. The molecule has 0 aliphatic carbocycles. The molecule has 0 bridgehead atoms. The Balaban J connectivity index is 1.53. The summed E-state index contributed by atoms with van der Waals surface area (Å²) in [6.45, 7) is 0.514. The molecule has 2 aromatic carbocycles. The molecule has 4 aromatic rings. The zero-order chi connectivity index (χ0) is 19.2. The van der Waals surface area contributed by atoms with Gasteiger partial charge in [-0.2, -0.15) is 14.9 Å². The summed E-state index contributed by atoms with van der Waals surface area (Å²) in [7, 11) is 0. The molecule has 0 atom stereocenters. The molecule has 7 heteroatoms. The van der Waals surface area contributed by atoms with Crippen LogP contribution in [0.1, 0.15) is 11.1 Å². The Hall–Kier alpha value is -3.58. The molecular weight excluding hydrogens is 370 g/mol. The van der Waals surface area contributed by atoms with E-state index in [1.807, 2.05) is 66.7 Å². The Labute approximate surface area is 167 Å². The summed E-state index contributed by atoms with van der Waals surface area (Å²) in [5.74, 6) is 1.40. The fourth-order valence-corrected chi connectivity index (χ4v) is 2.82. The van der Waals surface area contributed by atoms with Crippen molar-refractivity contribution in [2.75, 3.05) is 0 Å². The van der Waals surface area contributed by atoms with E-state index < -0.39 is 0 Å². The maximum Gasteiger partial charge on any atom is 0.216 e. The first-order valence-electron chi connectivity index (χ1n) is 8.68. The van der Waals surface area contributed by atoms with Crippen LogP contribution in [0.5, 0.6) is 5.75 Å². The zero-order valence-electron chi connectivity index (χ0n) is 14.9. The van der Waals surface area contributed by atoms with Crippen LogP contribution in [-0.2, 0) is 6.61 Å². The van der Waals surface area contributed by atoms with Gasteiger partial charge in [0.05, 0.1) is 6.21 Å². The molecule has 2 heterocycles. The van der Waals surface area contributed by atoms with Crippen LogP contribution >= 0.6 is 12.2 Å². The number of nitrogens with one attached hydrogen (secondary N) is 1. The minimum absolute atomic E-state index is 0.416. The van der Waals surface area contributed by atoms with E-state index in [1.54, 1.807) is 23.3 Å². The largest absolute Gasteiger partial charge is 0.489 e. The van der Waals surface area contributed by atoms with Crippen molar-refractivity contribution in [2.45, 2.75) is 6.61 Å². The van der Waals surface area contributed by atoms with Gasteiger partial charge in [-0.3, -0.25) is 4.98 Å². The molecule has 4 rings (SSSR count). The molecule has 0 aliphatic rings. The lowest BCUT2D eigenvalue weighted by atomic mass is 10.2. The van der Waals surface area contributed by atoms with Crippen LogP contribution in [0.4, 0.5) is 0 Å². The van der Waals surface area contributed by atoms with Crippen molar-refractivity contribution < 1.29 is 4.74 Å². The number of nitrogens with zero attached hydrogens (tertiary/aromatic N) is 4. The highest BCUT2D eigenvalue weighted by Crippen LogP contribution is 2.17. The predicted octanol–water partition coefficient (Wildman–Crippen LogP) is 4.46. The van der Waals surface area contributed by atoms with Crippen LogP contribution in [0.25, 0.3) is 11.4 Å². The van der Waals surface area contributed by atoms with Gasteiger partial charge in [0.15, 0.2) is 5.82 Å². The Morgan fingerprint density at radius 3 is 2.68 bits per heavy atom. The highest BCUT2D eigenvalue weighted by atomic mass is 32.1. The van der Waals surface area contributed by atoms with Crippen LogP contribution in [-0.4, -0.2) is 26.1 Å². The van der Waals surface area contributed by atoms with Crippen LogP contribution in [0.15, 0.2) is 84.2 Å². The predicted molar refractivity (Wildman–Crippen MR) is 111 cm³/mol. The van der Waals surface area contributed by atoms with Gasteiger partial charge in [0.1, 0.15) is 12.4 Å². The molecule has 28 heavy (non-hydrogen) atoms. The SMILES string of the molecule is S=c1[nH]nc(-c2ccncc2)n1/N=C\c1cccc(OCc2ccccc2)c1. The zero-order valence-corrected chi connectivity index (χ0v) is 15.7. The number of benzene rings is 2. The maximum absolute atomic E-state index is 5.87. The first kappa shape index (κ1) is 17.8. The highest BCUT2D eigenvalue weighted by Gasteiger charge is 2.07. The summed E-state index contributed by atoms with van der Waals surface area (Å²) in [6, 6.07) is 21.5. The molecule has 0 aliphatic heterocycles. The van der Waals surface area contributed by atoms with Crippen molar-refractivity contribution in [1.82, 2.24) is 19.9 Å². The smallest absolute Gasteiger partial charge is 0.216 e. The molecular formula is C21H17N5OS. The molecule has 6 nitrogen and oxygen atoms in total. The van der Waals surface area contributed by atoms with Crippen molar-refractivity contribution in [3.8, 4) is 17.1 Å². The lowest BCUT2D eigenvalue weighted by molar-refractivity contribution is 0.306. The van der Waals surface area contributed by atoms with Gasteiger partial charge in [0, 0.05) is 18.0 Å². The quantitative estimate of drug-likeness (QED) is 0.392. The standard InChI is InChI=1S/C21H17N5OS/c28-21-25-24-20(18-9-11-22-12-10-18)26(21)23-14-17-7-4-8-19(13-17)27-15-16-5-2-1-3-6-16/h1-14H,15H2,(H,25,28)/b23-14-. The number of hydrogen-bond donors (Lipinski definition) is 1. The van der Waals surface area contributed by atoms with E-state index in [-0.39, 0.29) is 0 Å². The van der Waals surface area contributed by atoms with Crippen molar-refractivity contribution >= 4 is 18.4 Å². The van der Waals surface area contributed by atoms with E-state index >= 15 is 0 Å². The van der Waals surface area contributed by atoms with Crippen molar-refractivity contribution in [1.29, 1.82) is 0 Å². The Bertz CT molecular complexity index is 1140. The van der Waals surface area contributed by atoms with E-state index in [0.717, 1.165) is 22.4 Å². The van der Waals surface area contributed by atoms with Gasteiger partial charge in [-0.1, -0.05) is 42.5 Å². The number of ether oxygens (including phenoxy) is 1. The van der Waals surface area contributed by atoms with Gasteiger partial charge in [-0.15, -0.1) is 0 Å². The molecule has 0 saturated heterocycles. The van der Waals surface area contributed by atoms with E-state index in [0.29, 0.717) is 17.2 Å². The van der Waals surface area contributed by atoms with E-state index in [2.05, 4.69) is 20.3 Å². The van der Waals surface area contributed by atoms with Gasteiger partial charge in [0.2, 0.25) is 4.77 Å². The number of rotatable bonds is 6. The molecule has 0 amide bonds. The number of pyridine rings is 1. The number of H-pyrrole nitrogens is 1. The highest BCUT2D eigenvalue weighted by molar-refractivity contribution is 7.71. The summed E-state index contributed by atoms with van der Waals surface area (Å²) in [4.78, 5) is 4.02. The van der Waals surface area contributed by atoms with Crippen molar-refractivity contribution in [3.63, 3.8) is 0 Å². The third kappa shape index (κ3) is 4.21. The van der Waals surface area contributed by atoms with E-state index in [4.69, 9.17) is 17.0 Å². The summed E-state index contributed by atoms with van der Waals surface area (Å²) in [5, 5.41) is 11.5. The lowest BCUT2D eigenvalue weighted by Gasteiger charge is -2.07. The van der Waals surface area contributed by atoms with E-state index in [9.17, 15) is 0 Å². The minimum atomic E-state index is 0.416. The Kier molecular flexibility index (Phi) is 5.35. The first-order chi connectivity index (χ1) is 13.8. The van der Waals surface area contributed by atoms with Crippen LogP contribution < -0.4 is 4.74 Å². The molecule has 0 fully saturated rings. The molecule has 0 saturated carbocycles. The van der Waals surface area contributed by atoms with Gasteiger partial charge in [0.25, 0.3) is 0 Å². The molecule has 1 N–H and O–H groups in total. The van der Waals surface area contributed by atoms with Gasteiger partial charge in [-0.05, 0) is 47.6 Å². The van der Waals surface area contributed by atoms with Gasteiger partial charge >= 0.3 is 0 Å². The fraction of sp³-hybridized carbons (Fsp3) is 0.0476. The number of hydrogen-bond acceptors (Lipinski definition) is 5. The lowest BCUT2D eigenvalue weighted by Crippen LogP contribution is -1.97. The fourth-order valence-electron chi connectivity index (χ4n) is 2.64. The van der Waals surface area contributed by atoms with Gasteiger partial charge in [-0.25, -0.2) is 5.10 Å². The average Bonchev–Trinajstić information content (AvgIpc) is 3.13.